The first kappa shape index (κ1) is 18.8. The molecule has 3 aromatic carbocycles. The zero-order valence-electron chi connectivity index (χ0n) is 15.2. The summed E-state index contributed by atoms with van der Waals surface area (Å²) < 4.78 is 5.16. The molecule has 28 heavy (non-hydrogen) atoms. The van der Waals surface area contributed by atoms with Crippen molar-refractivity contribution in [2.75, 3.05) is 12.4 Å². The van der Waals surface area contributed by atoms with Crippen LogP contribution < -0.4 is 10.1 Å². The van der Waals surface area contributed by atoms with Crippen LogP contribution in [-0.4, -0.2) is 17.9 Å². The third kappa shape index (κ3) is 4.62. The van der Waals surface area contributed by atoms with Gasteiger partial charge in [-0.25, -0.2) is 0 Å². The zero-order chi connectivity index (χ0) is 19.9. The SMILES string of the molecule is COc1ccc(C=C(C(=O)Nc2cccc([N+](=O)[O-])c2)c2ccccc2)cc1. The molecule has 0 heterocycles. The van der Waals surface area contributed by atoms with Crippen LogP contribution in [0, 0.1) is 10.1 Å². The molecule has 3 rings (SSSR count). The van der Waals surface area contributed by atoms with Crippen molar-refractivity contribution in [3.05, 3.63) is 100 Å². The van der Waals surface area contributed by atoms with E-state index in [0.29, 0.717) is 11.3 Å². The Bertz CT molecular complexity index is 1010. The second kappa shape index (κ2) is 8.64. The van der Waals surface area contributed by atoms with E-state index in [9.17, 15) is 14.9 Å². The van der Waals surface area contributed by atoms with Gasteiger partial charge in [-0.2, -0.15) is 0 Å². The van der Waals surface area contributed by atoms with Crippen LogP contribution in [0.4, 0.5) is 11.4 Å². The van der Waals surface area contributed by atoms with Crippen LogP contribution in [-0.2, 0) is 4.79 Å². The fourth-order valence-corrected chi connectivity index (χ4v) is 2.66. The summed E-state index contributed by atoms with van der Waals surface area (Å²) >= 11 is 0. The largest absolute Gasteiger partial charge is 0.497 e. The van der Waals surface area contributed by atoms with Crippen molar-refractivity contribution in [2.45, 2.75) is 0 Å². The molecule has 6 heteroatoms. The van der Waals surface area contributed by atoms with E-state index in [-0.39, 0.29) is 11.6 Å². The van der Waals surface area contributed by atoms with Gasteiger partial charge in [0.2, 0.25) is 0 Å². The van der Waals surface area contributed by atoms with E-state index in [1.165, 1.54) is 18.2 Å². The number of nitrogens with one attached hydrogen (secondary N) is 1. The summed E-state index contributed by atoms with van der Waals surface area (Å²) in [6.07, 6.45) is 1.77. The van der Waals surface area contributed by atoms with E-state index >= 15 is 0 Å². The lowest BCUT2D eigenvalue weighted by molar-refractivity contribution is -0.384. The average Bonchev–Trinajstić information content (AvgIpc) is 2.73. The van der Waals surface area contributed by atoms with Gasteiger partial charge in [0.25, 0.3) is 11.6 Å². The molecule has 1 amide bonds. The number of non-ortho nitro benzene ring substituents is 1. The number of hydrogen-bond acceptors (Lipinski definition) is 4. The maximum Gasteiger partial charge on any atom is 0.271 e. The van der Waals surface area contributed by atoms with Gasteiger partial charge in [-0.1, -0.05) is 48.5 Å². The minimum absolute atomic E-state index is 0.0850. The first-order valence-corrected chi connectivity index (χ1v) is 8.54. The number of anilines is 1. The summed E-state index contributed by atoms with van der Waals surface area (Å²) in [5.41, 5.74) is 2.28. The van der Waals surface area contributed by atoms with Crippen molar-refractivity contribution in [1.29, 1.82) is 0 Å². The number of carbonyl (C=O) groups excluding carboxylic acids is 1. The van der Waals surface area contributed by atoms with Crippen molar-refractivity contribution in [1.82, 2.24) is 0 Å². The number of benzene rings is 3. The van der Waals surface area contributed by atoms with Crippen LogP contribution in [0.3, 0.4) is 0 Å². The molecule has 0 unspecified atom stereocenters. The second-order valence-electron chi connectivity index (χ2n) is 5.96. The molecule has 1 N–H and O–H groups in total. The fourth-order valence-electron chi connectivity index (χ4n) is 2.66. The summed E-state index contributed by atoms with van der Waals surface area (Å²) in [5, 5.41) is 13.7. The number of nitro groups is 1. The lowest BCUT2D eigenvalue weighted by Crippen LogP contribution is -2.13. The number of hydrogen-bond donors (Lipinski definition) is 1. The van der Waals surface area contributed by atoms with Crippen LogP contribution in [0.1, 0.15) is 11.1 Å². The third-order valence-electron chi connectivity index (χ3n) is 4.07. The molecule has 0 saturated heterocycles. The zero-order valence-corrected chi connectivity index (χ0v) is 15.2. The molecule has 0 bridgehead atoms. The lowest BCUT2D eigenvalue weighted by atomic mass is 10.0. The molecule has 6 nitrogen and oxygen atoms in total. The number of amides is 1. The molecule has 0 radical (unpaired) electrons. The molecule has 0 aliphatic rings. The highest BCUT2D eigenvalue weighted by Crippen LogP contribution is 2.23. The molecule has 0 fully saturated rings. The van der Waals surface area contributed by atoms with Crippen LogP contribution in [0.5, 0.6) is 5.75 Å². The normalized spacial score (nSPS) is 11.0. The minimum Gasteiger partial charge on any atom is -0.497 e. The summed E-state index contributed by atoms with van der Waals surface area (Å²) in [6.45, 7) is 0. The van der Waals surface area contributed by atoms with Gasteiger partial charge < -0.3 is 10.1 Å². The Kier molecular flexibility index (Phi) is 5.81. The van der Waals surface area contributed by atoms with Crippen LogP contribution in [0.25, 0.3) is 11.6 Å². The molecule has 0 aliphatic carbocycles. The second-order valence-corrected chi connectivity index (χ2v) is 5.96. The summed E-state index contributed by atoms with van der Waals surface area (Å²) in [6, 6.07) is 22.4. The van der Waals surface area contributed by atoms with Gasteiger partial charge in [-0.15, -0.1) is 0 Å². The number of nitrogens with zero attached hydrogens (tertiary/aromatic N) is 1. The topological polar surface area (TPSA) is 81.5 Å². The van der Waals surface area contributed by atoms with E-state index in [4.69, 9.17) is 4.74 Å². The van der Waals surface area contributed by atoms with Gasteiger partial charge >= 0.3 is 0 Å². The summed E-state index contributed by atoms with van der Waals surface area (Å²) in [4.78, 5) is 23.4. The molecule has 0 spiro atoms. The first-order chi connectivity index (χ1) is 13.6. The average molecular weight is 374 g/mol. The molecule has 140 valence electrons. The third-order valence-corrected chi connectivity index (χ3v) is 4.07. The van der Waals surface area contributed by atoms with Gasteiger partial charge in [0, 0.05) is 23.4 Å². The number of carbonyl (C=O) groups is 1. The quantitative estimate of drug-likeness (QED) is 0.291. The van der Waals surface area contributed by atoms with Crippen molar-refractivity contribution in [3.63, 3.8) is 0 Å². The summed E-state index contributed by atoms with van der Waals surface area (Å²) in [5.74, 6) is 0.363. The van der Waals surface area contributed by atoms with Crippen molar-refractivity contribution in [2.24, 2.45) is 0 Å². The van der Waals surface area contributed by atoms with Crippen LogP contribution in [0.15, 0.2) is 78.9 Å². The predicted octanol–water partition coefficient (Wildman–Crippen LogP) is 4.78. The van der Waals surface area contributed by atoms with E-state index in [0.717, 1.165) is 16.9 Å². The van der Waals surface area contributed by atoms with Crippen molar-refractivity contribution < 1.29 is 14.5 Å². The number of rotatable bonds is 6. The molecular formula is C22H18N2O4. The van der Waals surface area contributed by atoms with E-state index in [1.54, 1.807) is 19.3 Å². The molecule has 0 atom stereocenters. The molecule has 0 saturated carbocycles. The minimum atomic E-state index is -0.499. The first-order valence-electron chi connectivity index (χ1n) is 8.54. The van der Waals surface area contributed by atoms with Gasteiger partial charge in [-0.3, -0.25) is 14.9 Å². The maximum absolute atomic E-state index is 12.9. The highest BCUT2D eigenvalue weighted by atomic mass is 16.6. The Morgan fingerprint density at radius 3 is 2.36 bits per heavy atom. The van der Waals surface area contributed by atoms with Crippen LogP contribution in [0.2, 0.25) is 0 Å². The fraction of sp³-hybridized carbons (Fsp3) is 0.0455. The Morgan fingerprint density at radius 2 is 1.71 bits per heavy atom. The van der Waals surface area contributed by atoms with Crippen LogP contribution >= 0.6 is 0 Å². The summed E-state index contributed by atoms with van der Waals surface area (Å²) in [7, 11) is 1.59. The van der Waals surface area contributed by atoms with Gasteiger partial charge in [0.1, 0.15) is 5.75 Å². The standard InChI is InChI=1S/C22H18N2O4/c1-28-20-12-10-16(11-13-20)14-21(17-6-3-2-4-7-17)22(25)23-18-8-5-9-19(15-18)24(26)27/h2-15H,1H3,(H,23,25). The molecule has 0 aliphatic heterocycles. The number of nitro benzene ring substituents is 1. The van der Waals surface area contributed by atoms with E-state index in [1.807, 2.05) is 54.6 Å². The number of ether oxygens (including phenoxy) is 1. The van der Waals surface area contributed by atoms with Gasteiger partial charge in [-0.05, 0) is 35.4 Å². The maximum atomic E-state index is 12.9. The van der Waals surface area contributed by atoms with Crippen molar-refractivity contribution >= 4 is 28.9 Å². The lowest BCUT2D eigenvalue weighted by Gasteiger charge is -2.10. The highest BCUT2D eigenvalue weighted by molar-refractivity contribution is 6.29. The highest BCUT2D eigenvalue weighted by Gasteiger charge is 2.14. The van der Waals surface area contributed by atoms with E-state index < -0.39 is 4.92 Å². The predicted molar refractivity (Wildman–Crippen MR) is 109 cm³/mol. The van der Waals surface area contributed by atoms with E-state index in [2.05, 4.69) is 5.32 Å². The van der Waals surface area contributed by atoms with Gasteiger partial charge in [0.05, 0.1) is 12.0 Å². The Labute approximate surface area is 162 Å². The Hall–Kier alpha value is -3.93. The molecule has 3 aromatic rings. The number of methoxy groups -OCH3 is 1. The Balaban J connectivity index is 1.94. The molecule has 0 aromatic heterocycles. The smallest absolute Gasteiger partial charge is 0.271 e. The van der Waals surface area contributed by atoms with Gasteiger partial charge in [0.15, 0.2) is 0 Å². The van der Waals surface area contributed by atoms with Crippen molar-refractivity contribution in [3.8, 4) is 5.75 Å². The monoisotopic (exact) mass is 374 g/mol. The Morgan fingerprint density at radius 1 is 1.00 bits per heavy atom. The molecular weight excluding hydrogens is 356 g/mol.